The summed E-state index contributed by atoms with van der Waals surface area (Å²) in [4.78, 5) is 11.1. The van der Waals surface area contributed by atoms with E-state index in [1.807, 2.05) is 0 Å². The first kappa shape index (κ1) is 22.5. The third kappa shape index (κ3) is 3.44. The molecule has 0 bridgehead atoms. The Bertz CT molecular complexity index is 655. The van der Waals surface area contributed by atoms with Gasteiger partial charge in [0.2, 0.25) is 5.91 Å². The van der Waals surface area contributed by atoms with E-state index in [-0.39, 0.29) is 41.0 Å². The maximum Gasteiger partial charge on any atom is 0.217 e. The van der Waals surface area contributed by atoms with Crippen LogP contribution in [0.15, 0.2) is 0 Å². The number of carbonyl (C=O) groups is 1. The summed E-state index contributed by atoms with van der Waals surface area (Å²) in [6, 6.07) is 0. The molecule has 4 rings (SSSR count). The van der Waals surface area contributed by atoms with Crippen LogP contribution in [0.4, 0.5) is 0 Å². The predicted molar refractivity (Wildman–Crippen MR) is 116 cm³/mol. The van der Waals surface area contributed by atoms with E-state index in [0.29, 0.717) is 36.0 Å². The summed E-state index contributed by atoms with van der Waals surface area (Å²) >= 11 is 0. The maximum atomic E-state index is 11.5. The zero-order valence-electron chi connectivity index (χ0n) is 19.1. The molecule has 0 spiro atoms. The van der Waals surface area contributed by atoms with Crippen molar-refractivity contribution < 1.29 is 20.1 Å². The summed E-state index contributed by atoms with van der Waals surface area (Å²) in [5.74, 6) is 1.96. The Morgan fingerprint density at radius 2 is 1.80 bits per heavy atom. The first-order chi connectivity index (χ1) is 14.1. The Balaban J connectivity index is 1.56. The molecule has 0 saturated heterocycles. The van der Waals surface area contributed by atoms with Gasteiger partial charge in [-0.3, -0.25) is 4.79 Å². The molecule has 5 N–H and O–H groups in total. The third-order valence-electron chi connectivity index (χ3n) is 10.6. The molecule has 4 fully saturated rings. The summed E-state index contributed by atoms with van der Waals surface area (Å²) in [5.41, 5.74) is 5.29. The molecule has 0 aromatic rings. The summed E-state index contributed by atoms with van der Waals surface area (Å²) in [7, 11) is 0. The highest BCUT2D eigenvalue weighted by Crippen LogP contribution is 2.68. The van der Waals surface area contributed by atoms with Crippen LogP contribution in [0.3, 0.4) is 0 Å². The minimum Gasteiger partial charge on any atom is -0.393 e. The lowest BCUT2D eigenvalue weighted by Gasteiger charge is -2.63. The Morgan fingerprint density at radius 1 is 1.07 bits per heavy atom. The number of amides is 1. The van der Waals surface area contributed by atoms with E-state index >= 15 is 0 Å². The van der Waals surface area contributed by atoms with Crippen molar-refractivity contribution in [2.75, 3.05) is 0 Å². The van der Waals surface area contributed by atoms with E-state index < -0.39 is 0 Å². The van der Waals surface area contributed by atoms with E-state index in [4.69, 9.17) is 5.73 Å². The van der Waals surface area contributed by atoms with Crippen molar-refractivity contribution in [2.24, 2.45) is 52.1 Å². The largest absolute Gasteiger partial charge is 0.393 e. The number of hydrogen-bond acceptors (Lipinski definition) is 4. The van der Waals surface area contributed by atoms with Gasteiger partial charge in [-0.1, -0.05) is 20.8 Å². The number of nitrogens with two attached hydrogens (primary N) is 1. The van der Waals surface area contributed by atoms with Gasteiger partial charge < -0.3 is 21.1 Å². The summed E-state index contributed by atoms with van der Waals surface area (Å²) in [6.07, 6.45) is 7.76. The summed E-state index contributed by atoms with van der Waals surface area (Å²) in [5, 5.41) is 33.1. The van der Waals surface area contributed by atoms with Crippen LogP contribution >= 0.6 is 0 Å². The van der Waals surface area contributed by atoms with Crippen molar-refractivity contribution in [2.45, 2.75) is 103 Å². The highest BCUT2D eigenvalue weighted by molar-refractivity contribution is 5.73. The van der Waals surface area contributed by atoms with Crippen LogP contribution < -0.4 is 5.73 Å². The van der Waals surface area contributed by atoms with Crippen LogP contribution in [0.5, 0.6) is 0 Å². The molecular formula is C25H43NO4. The lowest BCUT2D eigenvalue weighted by Crippen LogP contribution is -2.62. The van der Waals surface area contributed by atoms with Crippen LogP contribution in [0, 0.1) is 46.3 Å². The molecule has 11 atom stereocenters. The Hall–Kier alpha value is -0.650. The number of aliphatic hydroxyl groups is 3. The molecule has 5 nitrogen and oxygen atoms in total. The topological polar surface area (TPSA) is 104 Å². The zero-order chi connectivity index (χ0) is 21.8. The SMILES string of the molecule is C[C@H](CCCC(N)=O)[C@H]1CC[C@H]2[C@@H]3[C@H](O)C[C@@H]4C[C@H](O)CC[C@]4(C)[C@H]3C[C@H](O)[C@]12C. The molecule has 0 aliphatic heterocycles. The third-order valence-corrected chi connectivity index (χ3v) is 10.6. The number of primary amides is 1. The van der Waals surface area contributed by atoms with Gasteiger partial charge in [-0.05, 0) is 104 Å². The summed E-state index contributed by atoms with van der Waals surface area (Å²) < 4.78 is 0. The van der Waals surface area contributed by atoms with Crippen molar-refractivity contribution in [3.05, 3.63) is 0 Å². The fraction of sp³-hybridized carbons (Fsp3) is 0.960. The predicted octanol–water partition coefficient (Wildman–Crippen LogP) is 3.24. The highest BCUT2D eigenvalue weighted by atomic mass is 16.3. The van der Waals surface area contributed by atoms with E-state index in [2.05, 4.69) is 20.8 Å². The molecule has 0 heterocycles. The Kier molecular flexibility index (Phi) is 6.04. The highest BCUT2D eigenvalue weighted by Gasteiger charge is 2.65. The van der Waals surface area contributed by atoms with Gasteiger partial charge in [0.25, 0.3) is 0 Å². The fourth-order valence-corrected chi connectivity index (χ4v) is 8.93. The average molecular weight is 422 g/mol. The van der Waals surface area contributed by atoms with E-state index in [1.54, 1.807) is 0 Å². The van der Waals surface area contributed by atoms with Crippen molar-refractivity contribution >= 4 is 5.91 Å². The monoisotopic (exact) mass is 421 g/mol. The van der Waals surface area contributed by atoms with Crippen LogP contribution in [-0.2, 0) is 4.79 Å². The van der Waals surface area contributed by atoms with E-state index in [0.717, 1.165) is 57.8 Å². The van der Waals surface area contributed by atoms with Crippen molar-refractivity contribution in [3.63, 3.8) is 0 Å². The van der Waals surface area contributed by atoms with Crippen LogP contribution in [0.1, 0.15) is 85.0 Å². The van der Waals surface area contributed by atoms with Crippen molar-refractivity contribution in [1.29, 1.82) is 0 Å². The minimum absolute atomic E-state index is 0.122. The number of aliphatic hydroxyl groups excluding tert-OH is 3. The van der Waals surface area contributed by atoms with Gasteiger partial charge in [-0.2, -0.15) is 0 Å². The first-order valence-electron chi connectivity index (χ1n) is 12.4. The minimum atomic E-state index is -0.343. The normalized spacial score (nSPS) is 51.5. The molecule has 0 aromatic heterocycles. The second-order valence-electron chi connectivity index (χ2n) is 11.9. The zero-order valence-corrected chi connectivity index (χ0v) is 19.1. The number of hydrogen-bond donors (Lipinski definition) is 4. The van der Waals surface area contributed by atoms with Crippen molar-refractivity contribution in [1.82, 2.24) is 0 Å². The Labute approximate surface area is 181 Å². The van der Waals surface area contributed by atoms with Gasteiger partial charge in [-0.25, -0.2) is 0 Å². The fourth-order valence-electron chi connectivity index (χ4n) is 8.93. The van der Waals surface area contributed by atoms with Gasteiger partial charge >= 0.3 is 0 Å². The van der Waals surface area contributed by atoms with Crippen LogP contribution in [0.2, 0.25) is 0 Å². The van der Waals surface area contributed by atoms with E-state index in [9.17, 15) is 20.1 Å². The molecule has 5 heteroatoms. The average Bonchev–Trinajstić information content (AvgIpc) is 3.02. The maximum absolute atomic E-state index is 11.5. The molecule has 0 aromatic carbocycles. The van der Waals surface area contributed by atoms with Gasteiger partial charge in [0.15, 0.2) is 0 Å². The lowest BCUT2D eigenvalue weighted by molar-refractivity contribution is -0.207. The molecule has 1 amide bonds. The van der Waals surface area contributed by atoms with Crippen LogP contribution in [0.25, 0.3) is 0 Å². The standard InChI is InChI=1S/C25H43NO4/c1-14(5-4-6-22(26)30)17-7-8-18-23-19(13-21(29)25(17,18)3)24(2)10-9-16(27)11-15(24)12-20(23)28/h14-21,23,27-29H,4-13H2,1-3H3,(H2,26,30)/t14-,15+,16-,17-,18+,19+,20-,21+,23+,24+,25-/m1/s1. The van der Waals surface area contributed by atoms with Gasteiger partial charge in [-0.15, -0.1) is 0 Å². The van der Waals surface area contributed by atoms with Gasteiger partial charge in [0, 0.05) is 6.42 Å². The molecule has 0 radical (unpaired) electrons. The number of fused-ring (bicyclic) bond motifs is 5. The smallest absolute Gasteiger partial charge is 0.217 e. The van der Waals surface area contributed by atoms with E-state index in [1.165, 1.54) is 0 Å². The van der Waals surface area contributed by atoms with Crippen LogP contribution in [-0.4, -0.2) is 39.5 Å². The second-order valence-corrected chi connectivity index (χ2v) is 11.9. The molecule has 4 aliphatic carbocycles. The number of carbonyl (C=O) groups excluding carboxylic acids is 1. The summed E-state index contributed by atoms with van der Waals surface area (Å²) in [6.45, 7) is 6.93. The molecule has 4 saturated carbocycles. The Morgan fingerprint density at radius 3 is 2.50 bits per heavy atom. The molecule has 4 aliphatic rings. The molecule has 30 heavy (non-hydrogen) atoms. The van der Waals surface area contributed by atoms with Crippen molar-refractivity contribution in [3.8, 4) is 0 Å². The first-order valence-corrected chi connectivity index (χ1v) is 12.4. The van der Waals surface area contributed by atoms with Gasteiger partial charge in [0.05, 0.1) is 18.3 Å². The lowest BCUT2D eigenvalue weighted by atomic mass is 9.43. The number of rotatable bonds is 5. The molecule has 172 valence electrons. The van der Waals surface area contributed by atoms with Gasteiger partial charge in [0.1, 0.15) is 0 Å². The quantitative estimate of drug-likeness (QED) is 0.547. The second kappa shape index (κ2) is 8.04. The molecular weight excluding hydrogens is 378 g/mol. The molecule has 0 unspecified atom stereocenters.